The van der Waals surface area contributed by atoms with Gasteiger partial charge in [-0.1, -0.05) is 101 Å². The van der Waals surface area contributed by atoms with E-state index in [4.69, 9.17) is 9.72 Å². The molecule has 0 saturated heterocycles. The minimum absolute atomic E-state index is 0.165. The Bertz CT molecular complexity index is 1090. The maximum atomic E-state index is 14.6. The lowest BCUT2D eigenvalue weighted by atomic mass is 9.97. The predicted molar refractivity (Wildman–Crippen MR) is 151 cm³/mol. The van der Waals surface area contributed by atoms with Crippen LogP contribution in [0.2, 0.25) is 0 Å². The molecule has 0 radical (unpaired) electrons. The standard InChI is InChI=1S/C33H42FNO2/c1-4-6-8-9-10-11-12-15-26-18-23-31(35-25-26)30-17-14-13-16-29(30)27-19-21-28(22-20-27)37-32(36)33(3,34)24-7-5-2/h13-14,16-23,25H,4-12,15,24H2,1-3H3. The van der Waals surface area contributed by atoms with Gasteiger partial charge >= 0.3 is 5.97 Å². The van der Waals surface area contributed by atoms with Gasteiger partial charge in [0.25, 0.3) is 0 Å². The van der Waals surface area contributed by atoms with Crippen molar-refractivity contribution in [1.82, 2.24) is 4.98 Å². The molecule has 198 valence electrons. The second-order valence-electron chi connectivity index (χ2n) is 10.2. The number of halogens is 1. The fourth-order valence-electron chi connectivity index (χ4n) is 4.50. The number of aryl methyl sites for hydroxylation is 1. The third kappa shape index (κ3) is 8.80. The summed E-state index contributed by atoms with van der Waals surface area (Å²) in [5.41, 5.74) is 3.31. The fourth-order valence-corrected chi connectivity index (χ4v) is 4.50. The first-order chi connectivity index (χ1) is 17.9. The number of nitrogens with zero attached hydrogens (tertiary/aromatic N) is 1. The van der Waals surface area contributed by atoms with Crippen molar-refractivity contribution >= 4 is 5.97 Å². The molecule has 1 aromatic heterocycles. The van der Waals surface area contributed by atoms with E-state index in [0.29, 0.717) is 12.2 Å². The molecule has 0 aliphatic carbocycles. The molecule has 1 unspecified atom stereocenters. The molecule has 1 atom stereocenters. The number of rotatable bonds is 15. The van der Waals surface area contributed by atoms with Crippen LogP contribution < -0.4 is 4.74 Å². The zero-order chi connectivity index (χ0) is 26.5. The van der Waals surface area contributed by atoms with Crippen molar-refractivity contribution in [3.63, 3.8) is 0 Å². The molecule has 3 nitrogen and oxygen atoms in total. The Morgan fingerprint density at radius 2 is 1.46 bits per heavy atom. The van der Waals surface area contributed by atoms with Crippen LogP contribution in [-0.2, 0) is 11.2 Å². The molecule has 0 saturated carbocycles. The fraction of sp³-hybridized carbons (Fsp3) is 0.455. The highest BCUT2D eigenvalue weighted by Crippen LogP contribution is 2.32. The Morgan fingerprint density at radius 3 is 2.11 bits per heavy atom. The third-order valence-corrected chi connectivity index (χ3v) is 6.90. The number of hydrogen-bond donors (Lipinski definition) is 0. The minimum Gasteiger partial charge on any atom is -0.424 e. The normalized spacial score (nSPS) is 12.8. The van der Waals surface area contributed by atoms with Gasteiger partial charge in [-0.3, -0.25) is 4.98 Å². The summed E-state index contributed by atoms with van der Waals surface area (Å²) in [7, 11) is 0. The molecule has 2 aromatic carbocycles. The van der Waals surface area contributed by atoms with E-state index in [1.165, 1.54) is 57.4 Å². The van der Waals surface area contributed by atoms with E-state index in [0.717, 1.165) is 35.2 Å². The molecule has 1 heterocycles. The van der Waals surface area contributed by atoms with Gasteiger partial charge in [0.1, 0.15) is 5.75 Å². The van der Waals surface area contributed by atoms with Crippen molar-refractivity contribution in [3.8, 4) is 28.1 Å². The Labute approximate surface area is 222 Å². The van der Waals surface area contributed by atoms with Gasteiger partial charge in [-0.2, -0.15) is 0 Å². The Kier molecular flexibility index (Phi) is 11.3. The molecular formula is C33H42FNO2. The van der Waals surface area contributed by atoms with E-state index in [-0.39, 0.29) is 6.42 Å². The van der Waals surface area contributed by atoms with Crippen LogP contribution in [0.25, 0.3) is 22.4 Å². The van der Waals surface area contributed by atoms with Gasteiger partial charge in [0.2, 0.25) is 5.67 Å². The monoisotopic (exact) mass is 503 g/mol. The highest BCUT2D eigenvalue weighted by Gasteiger charge is 2.34. The largest absolute Gasteiger partial charge is 0.424 e. The molecular weight excluding hydrogens is 461 g/mol. The number of alkyl halides is 1. The van der Waals surface area contributed by atoms with Crippen LogP contribution in [0.4, 0.5) is 4.39 Å². The van der Waals surface area contributed by atoms with Gasteiger partial charge in [-0.25, -0.2) is 9.18 Å². The average molecular weight is 504 g/mol. The van der Waals surface area contributed by atoms with Gasteiger partial charge in [-0.05, 0) is 67.5 Å². The van der Waals surface area contributed by atoms with Crippen molar-refractivity contribution in [2.24, 2.45) is 0 Å². The van der Waals surface area contributed by atoms with E-state index < -0.39 is 11.6 Å². The number of aromatic nitrogens is 1. The number of unbranched alkanes of at least 4 members (excludes halogenated alkanes) is 7. The van der Waals surface area contributed by atoms with E-state index in [1.54, 1.807) is 12.1 Å². The summed E-state index contributed by atoms with van der Waals surface area (Å²) in [4.78, 5) is 17.1. The summed E-state index contributed by atoms with van der Waals surface area (Å²) in [6.45, 7) is 5.52. The van der Waals surface area contributed by atoms with Crippen LogP contribution in [0.3, 0.4) is 0 Å². The van der Waals surface area contributed by atoms with Gasteiger partial charge in [0.15, 0.2) is 0 Å². The minimum atomic E-state index is -1.98. The zero-order valence-corrected chi connectivity index (χ0v) is 22.8. The lowest BCUT2D eigenvalue weighted by Gasteiger charge is -2.18. The van der Waals surface area contributed by atoms with Crippen molar-refractivity contribution in [1.29, 1.82) is 0 Å². The van der Waals surface area contributed by atoms with Crippen molar-refractivity contribution in [2.45, 2.75) is 97.1 Å². The Morgan fingerprint density at radius 1 is 0.811 bits per heavy atom. The molecule has 0 aliphatic heterocycles. The molecule has 0 N–H and O–H groups in total. The first-order valence-electron chi connectivity index (χ1n) is 14.0. The van der Waals surface area contributed by atoms with Crippen molar-refractivity contribution < 1.29 is 13.9 Å². The average Bonchev–Trinajstić information content (AvgIpc) is 2.92. The molecule has 0 amide bonds. The lowest BCUT2D eigenvalue weighted by molar-refractivity contribution is -0.147. The van der Waals surface area contributed by atoms with Gasteiger partial charge in [-0.15, -0.1) is 0 Å². The van der Waals surface area contributed by atoms with E-state index in [2.05, 4.69) is 31.2 Å². The van der Waals surface area contributed by atoms with Crippen LogP contribution in [-0.4, -0.2) is 16.6 Å². The molecule has 0 spiro atoms. The molecule has 3 rings (SSSR count). The zero-order valence-electron chi connectivity index (χ0n) is 22.8. The number of hydrogen-bond acceptors (Lipinski definition) is 3. The number of carbonyl (C=O) groups excluding carboxylic acids is 1. The summed E-state index contributed by atoms with van der Waals surface area (Å²) in [6, 6.07) is 19.7. The molecule has 0 aliphatic rings. The number of pyridine rings is 1. The maximum Gasteiger partial charge on any atom is 0.348 e. The quantitative estimate of drug-likeness (QED) is 0.118. The molecule has 0 bridgehead atoms. The summed E-state index contributed by atoms with van der Waals surface area (Å²) in [5, 5.41) is 0. The highest BCUT2D eigenvalue weighted by atomic mass is 19.1. The van der Waals surface area contributed by atoms with Gasteiger partial charge < -0.3 is 4.74 Å². The first-order valence-corrected chi connectivity index (χ1v) is 14.0. The van der Waals surface area contributed by atoms with E-state index in [1.807, 2.05) is 37.4 Å². The van der Waals surface area contributed by atoms with Crippen LogP contribution in [0.5, 0.6) is 5.75 Å². The van der Waals surface area contributed by atoms with Crippen LogP contribution in [0.15, 0.2) is 66.9 Å². The number of ether oxygens (including phenoxy) is 1. The summed E-state index contributed by atoms with van der Waals surface area (Å²) in [5.74, 6) is -0.491. The lowest BCUT2D eigenvalue weighted by Crippen LogP contribution is -2.34. The van der Waals surface area contributed by atoms with E-state index in [9.17, 15) is 9.18 Å². The van der Waals surface area contributed by atoms with Crippen LogP contribution in [0.1, 0.15) is 90.5 Å². The smallest absolute Gasteiger partial charge is 0.348 e. The number of benzene rings is 2. The topological polar surface area (TPSA) is 39.2 Å². The second kappa shape index (κ2) is 14.7. The molecule has 0 fully saturated rings. The molecule has 37 heavy (non-hydrogen) atoms. The maximum absolute atomic E-state index is 14.6. The van der Waals surface area contributed by atoms with Gasteiger partial charge in [0.05, 0.1) is 5.69 Å². The second-order valence-corrected chi connectivity index (χ2v) is 10.2. The summed E-state index contributed by atoms with van der Waals surface area (Å²) >= 11 is 0. The third-order valence-electron chi connectivity index (χ3n) is 6.90. The molecule has 3 aromatic rings. The van der Waals surface area contributed by atoms with Crippen LogP contribution >= 0.6 is 0 Å². The van der Waals surface area contributed by atoms with Crippen LogP contribution in [0, 0.1) is 0 Å². The number of carbonyl (C=O) groups is 1. The van der Waals surface area contributed by atoms with Crippen molar-refractivity contribution in [2.75, 3.05) is 0 Å². The van der Waals surface area contributed by atoms with Gasteiger partial charge in [0, 0.05) is 11.8 Å². The van der Waals surface area contributed by atoms with E-state index >= 15 is 0 Å². The SMILES string of the molecule is CCCCCCCCCc1ccc(-c2ccccc2-c2ccc(OC(=O)C(C)(F)CCCC)cc2)nc1. The Balaban J connectivity index is 1.63. The Hall–Kier alpha value is -3.01. The molecule has 4 heteroatoms. The predicted octanol–water partition coefficient (Wildman–Crippen LogP) is 9.53. The van der Waals surface area contributed by atoms with Crippen molar-refractivity contribution in [3.05, 3.63) is 72.4 Å². The first kappa shape index (κ1) is 28.6. The number of esters is 1. The highest BCUT2D eigenvalue weighted by molar-refractivity contribution is 5.83. The summed E-state index contributed by atoms with van der Waals surface area (Å²) in [6.07, 6.45) is 13.9. The summed E-state index contributed by atoms with van der Waals surface area (Å²) < 4.78 is 20.0.